The molecule has 1 aromatic carbocycles. The summed E-state index contributed by atoms with van der Waals surface area (Å²) in [6, 6.07) is 4.75. The fourth-order valence-electron chi connectivity index (χ4n) is 3.86. The number of nitrogens with zero attached hydrogens (tertiary/aromatic N) is 1. The molecule has 3 aliphatic heterocycles. The average molecular weight is 256 g/mol. The van der Waals surface area contributed by atoms with Gasteiger partial charge in [-0.25, -0.2) is 0 Å². The Kier molecular flexibility index (Phi) is 2.62. The van der Waals surface area contributed by atoms with E-state index in [0.29, 0.717) is 18.2 Å². The number of amides is 1. The Labute approximate surface area is 114 Å². The first kappa shape index (κ1) is 11.5. The Bertz CT molecular complexity index is 515. The summed E-state index contributed by atoms with van der Waals surface area (Å²) in [6.07, 6.45) is 5.13. The molecule has 0 aromatic heterocycles. The molecule has 1 fully saturated rings. The maximum absolute atomic E-state index is 12.0. The van der Waals surface area contributed by atoms with Crippen LogP contribution in [0, 0.1) is 0 Å². The first-order valence-corrected chi connectivity index (χ1v) is 7.50. The second kappa shape index (κ2) is 4.34. The lowest BCUT2D eigenvalue weighted by Gasteiger charge is -2.36. The number of carbonyl (C=O) groups excluding carboxylic acids is 1. The van der Waals surface area contributed by atoms with Crippen molar-refractivity contribution in [3.8, 4) is 0 Å². The molecule has 0 radical (unpaired) electrons. The van der Waals surface area contributed by atoms with Crippen LogP contribution in [0.2, 0.25) is 0 Å². The highest BCUT2D eigenvalue weighted by molar-refractivity contribution is 5.97. The van der Waals surface area contributed by atoms with Gasteiger partial charge in [-0.2, -0.15) is 0 Å². The molecule has 100 valence electrons. The highest BCUT2D eigenvalue weighted by Gasteiger charge is 2.30. The van der Waals surface area contributed by atoms with Crippen LogP contribution in [0.5, 0.6) is 0 Å². The van der Waals surface area contributed by atoms with Crippen molar-refractivity contribution in [3.63, 3.8) is 0 Å². The van der Waals surface area contributed by atoms with Gasteiger partial charge in [0.1, 0.15) is 0 Å². The summed E-state index contributed by atoms with van der Waals surface area (Å²) in [6.45, 7) is 3.17. The van der Waals surface area contributed by atoms with Crippen molar-refractivity contribution in [2.24, 2.45) is 0 Å². The summed E-state index contributed by atoms with van der Waals surface area (Å²) in [5, 5.41) is 3.45. The van der Waals surface area contributed by atoms with E-state index in [-0.39, 0.29) is 0 Å². The van der Waals surface area contributed by atoms with Crippen molar-refractivity contribution < 1.29 is 4.79 Å². The molecule has 1 N–H and O–H groups in total. The van der Waals surface area contributed by atoms with Crippen LogP contribution in [0.25, 0.3) is 0 Å². The zero-order valence-corrected chi connectivity index (χ0v) is 11.2. The second-order valence-electron chi connectivity index (χ2n) is 6.03. The molecule has 1 unspecified atom stereocenters. The first-order chi connectivity index (χ1) is 9.33. The van der Waals surface area contributed by atoms with Crippen molar-refractivity contribution in [1.82, 2.24) is 5.32 Å². The topological polar surface area (TPSA) is 32.3 Å². The largest absolute Gasteiger partial charge is 0.316 e. The molecule has 0 saturated carbocycles. The molecule has 1 atom stereocenters. The van der Waals surface area contributed by atoms with Crippen LogP contribution in [0.1, 0.15) is 41.9 Å². The van der Waals surface area contributed by atoms with Crippen LogP contribution >= 0.6 is 0 Å². The van der Waals surface area contributed by atoms with Gasteiger partial charge in [0.15, 0.2) is 0 Å². The van der Waals surface area contributed by atoms with Crippen molar-refractivity contribution in [3.05, 3.63) is 28.8 Å². The summed E-state index contributed by atoms with van der Waals surface area (Å²) in [4.78, 5) is 14.1. The third kappa shape index (κ3) is 1.79. The predicted octanol–water partition coefficient (Wildman–Crippen LogP) is 1.99. The summed E-state index contributed by atoms with van der Waals surface area (Å²) >= 11 is 0. The predicted molar refractivity (Wildman–Crippen MR) is 75.7 cm³/mol. The smallest absolute Gasteiger partial charge is 0.227 e. The highest BCUT2D eigenvalue weighted by atomic mass is 16.2. The number of hydrogen-bond acceptors (Lipinski definition) is 2. The Morgan fingerprint density at radius 1 is 1.16 bits per heavy atom. The fourth-order valence-corrected chi connectivity index (χ4v) is 3.86. The molecule has 4 rings (SSSR count). The van der Waals surface area contributed by atoms with E-state index in [1.54, 1.807) is 0 Å². The molecule has 1 saturated heterocycles. The highest BCUT2D eigenvalue weighted by Crippen LogP contribution is 2.38. The van der Waals surface area contributed by atoms with Gasteiger partial charge >= 0.3 is 0 Å². The van der Waals surface area contributed by atoms with Crippen LogP contribution < -0.4 is 10.2 Å². The number of aryl methyl sites for hydroxylation is 2. The number of hydrogen-bond donors (Lipinski definition) is 1. The van der Waals surface area contributed by atoms with E-state index in [1.165, 1.54) is 28.8 Å². The van der Waals surface area contributed by atoms with E-state index < -0.39 is 0 Å². The standard InChI is InChI=1S/C16H20N2O/c19-15-4-3-12-9-14(13-5-6-17-10-13)8-11-2-1-7-18(15)16(11)12/h8-9,13,17H,1-7,10H2. The van der Waals surface area contributed by atoms with Crippen LogP contribution in [0.4, 0.5) is 5.69 Å². The number of carbonyl (C=O) groups is 1. The fraction of sp³-hybridized carbons (Fsp3) is 0.562. The molecule has 3 heteroatoms. The van der Waals surface area contributed by atoms with E-state index in [0.717, 1.165) is 38.9 Å². The number of rotatable bonds is 1. The Balaban J connectivity index is 1.81. The van der Waals surface area contributed by atoms with Gasteiger partial charge in [0, 0.05) is 19.5 Å². The van der Waals surface area contributed by atoms with Gasteiger partial charge in [0.2, 0.25) is 5.91 Å². The lowest BCUT2D eigenvalue weighted by molar-refractivity contribution is -0.119. The summed E-state index contributed by atoms with van der Waals surface area (Å²) in [7, 11) is 0. The summed E-state index contributed by atoms with van der Waals surface area (Å²) in [5.41, 5.74) is 5.59. The second-order valence-corrected chi connectivity index (χ2v) is 6.03. The first-order valence-electron chi connectivity index (χ1n) is 7.50. The molecule has 3 nitrogen and oxygen atoms in total. The number of anilines is 1. The van der Waals surface area contributed by atoms with Gasteiger partial charge in [-0.05, 0) is 54.8 Å². The molecule has 1 aromatic rings. The SMILES string of the molecule is O=C1CCc2cc(C3CCNC3)cc3c2N1CCC3. The van der Waals surface area contributed by atoms with E-state index >= 15 is 0 Å². The Morgan fingerprint density at radius 3 is 2.79 bits per heavy atom. The van der Waals surface area contributed by atoms with E-state index in [9.17, 15) is 4.79 Å². The summed E-state index contributed by atoms with van der Waals surface area (Å²) in [5.74, 6) is 0.998. The average Bonchev–Trinajstić information content (AvgIpc) is 2.97. The van der Waals surface area contributed by atoms with E-state index in [1.807, 2.05) is 4.90 Å². The van der Waals surface area contributed by atoms with Gasteiger partial charge in [-0.1, -0.05) is 12.1 Å². The van der Waals surface area contributed by atoms with Crippen LogP contribution in [-0.2, 0) is 17.6 Å². The zero-order valence-electron chi connectivity index (χ0n) is 11.2. The minimum Gasteiger partial charge on any atom is -0.316 e. The molecule has 0 spiro atoms. The van der Waals surface area contributed by atoms with Crippen LogP contribution in [-0.4, -0.2) is 25.5 Å². The van der Waals surface area contributed by atoms with Crippen molar-refractivity contribution in [2.45, 2.75) is 38.0 Å². The Hall–Kier alpha value is -1.35. The molecule has 0 bridgehead atoms. The van der Waals surface area contributed by atoms with Gasteiger partial charge < -0.3 is 10.2 Å². The summed E-state index contributed by atoms with van der Waals surface area (Å²) < 4.78 is 0. The van der Waals surface area contributed by atoms with Gasteiger partial charge in [0.25, 0.3) is 0 Å². The lowest BCUT2D eigenvalue weighted by atomic mass is 9.86. The maximum Gasteiger partial charge on any atom is 0.227 e. The molecule has 1 amide bonds. The molecule has 19 heavy (non-hydrogen) atoms. The molecular weight excluding hydrogens is 236 g/mol. The molecule has 3 aliphatic rings. The monoisotopic (exact) mass is 256 g/mol. The van der Waals surface area contributed by atoms with Crippen molar-refractivity contribution >= 4 is 11.6 Å². The minimum absolute atomic E-state index is 0.323. The van der Waals surface area contributed by atoms with Gasteiger partial charge in [-0.3, -0.25) is 4.79 Å². The molecule has 3 heterocycles. The quantitative estimate of drug-likeness (QED) is 0.833. The third-order valence-electron chi connectivity index (χ3n) is 4.83. The van der Waals surface area contributed by atoms with E-state index in [4.69, 9.17) is 0 Å². The lowest BCUT2D eigenvalue weighted by Crippen LogP contribution is -2.39. The third-order valence-corrected chi connectivity index (χ3v) is 4.83. The Morgan fingerprint density at radius 2 is 2.00 bits per heavy atom. The van der Waals surface area contributed by atoms with Gasteiger partial charge in [0.05, 0.1) is 5.69 Å². The number of benzene rings is 1. The minimum atomic E-state index is 0.323. The maximum atomic E-state index is 12.0. The normalized spacial score (nSPS) is 25.6. The molecular formula is C16H20N2O. The van der Waals surface area contributed by atoms with Crippen molar-refractivity contribution in [2.75, 3.05) is 24.5 Å². The molecule has 0 aliphatic carbocycles. The van der Waals surface area contributed by atoms with E-state index in [2.05, 4.69) is 17.4 Å². The number of nitrogens with one attached hydrogen (secondary N) is 1. The van der Waals surface area contributed by atoms with Crippen LogP contribution in [0.15, 0.2) is 12.1 Å². The van der Waals surface area contributed by atoms with Gasteiger partial charge in [-0.15, -0.1) is 0 Å². The zero-order chi connectivity index (χ0) is 12.8. The van der Waals surface area contributed by atoms with Crippen molar-refractivity contribution in [1.29, 1.82) is 0 Å². The van der Waals surface area contributed by atoms with Crippen LogP contribution in [0.3, 0.4) is 0 Å².